The number of aryl methyl sites for hydroxylation is 2. The number of carbonyl (C=O) groups excluding carboxylic acids is 2. The molecule has 0 radical (unpaired) electrons. The van der Waals surface area contributed by atoms with E-state index in [9.17, 15) is 9.59 Å². The highest BCUT2D eigenvalue weighted by Crippen LogP contribution is 2.32. The third-order valence-corrected chi connectivity index (χ3v) is 4.77. The van der Waals surface area contributed by atoms with Crippen molar-refractivity contribution in [3.05, 3.63) is 53.1 Å². The number of nitrogens with zero attached hydrogens (tertiary/aromatic N) is 1. The average molecular weight is 382 g/mol. The molecule has 2 aromatic carbocycles. The van der Waals surface area contributed by atoms with Gasteiger partial charge in [0.05, 0.1) is 12.6 Å². The molecule has 0 saturated carbocycles. The number of anilines is 1. The zero-order valence-electron chi connectivity index (χ0n) is 15.9. The number of rotatable bonds is 4. The average Bonchev–Trinajstić information content (AvgIpc) is 3.14. The Balaban J connectivity index is 1.39. The number of amides is 2. The van der Waals surface area contributed by atoms with Crippen molar-refractivity contribution in [3.8, 4) is 11.5 Å². The minimum atomic E-state index is -0.281. The van der Waals surface area contributed by atoms with E-state index in [2.05, 4.69) is 11.4 Å². The van der Waals surface area contributed by atoms with Crippen LogP contribution in [0.2, 0.25) is 0 Å². The summed E-state index contributed by atoms with van der Waals surface area (Å²) < 4.78 is 16.2. The van der Waals surface area contributed by atoms with Crippen LogP contribution < -0.4 is 19.7 Å². The summed E-state index contributed by atoms with van der Waals surface area (Å²) in [4.78, 5) is 26.5. The topological polar surface area (TPSA) is 77.1 Å². The number of benzene rings is 2. The molecule has 2 aromatic rings. The minimum Gasteiger partial charge on any atom is -0.454 e. The number of carbonyl (C=O) groups is 2. The smallest absolute Gasteiger partial charge is 0.253 e. The first-order chi connectivity index (χ1) is 13.5. The van der Waals surface area contributed by atoms with Gasteiger partial charge in [0.25, 0.3) is 11.8 Å². The maximum atomic E-state index is 12.4. The first kappa shape index (κ1) is 18.3. The summed E-state index contributed by atoms with van der Waals surface area (Å²) in [6.07, 6.45) is -0.281. The van der Waals surface area contributed by atoms with Gasteiger partial charge in [-0.1, -0.05) is 6.07 Å². The number of ether oxygens (including phenoxy) is 3. The van der Waals surface area contributed by atoms with Crippen molar-refractivity contribution in [2.45, 2.75) is 20.0 Å². The molecule has 2 aliphatic rings. The van der Waals surface area contributed by atoms with E-state index in [0.717, 1.165) is 16.8 Å². The largest absolute Gasteiger partial charge is 0.454 e. The lowest BCUT2D eigenvalue weighted by molar-refractivity contribution is -0.129. The molecule has 0 bridgehead atoms. The molecule has 2 aliphatic heterocycles. The predicted octanol–water partition coefficient (Wildman–Crippen LogP) is 2.19. The molecule has 7 heteroatoms. The van der Waals surface area contributed by atoms with E-state index >= 15 is 0 Å². The maximum Gasteiger partial charge on any atom is 0.253 e. The summed E-state index contributed by atoms with van der Waals surface area (Å²) in [5.41, 5.74) is 3.55. The molecule has 1 unspecified atom stereocenters. The fraction of sp³-hybridized carbons (Fsp3) is 0.333. The van der Waals surface area contributed by atoms with Crippen LogP contribution in [0.25, 0.3) is 0 Å². The van der Waals surface area contributed by atoms with Crippen molar-refractivity contribution in [2.24, 2.45) is 0 Å². The molecule has 2 heterocycles. The van der Waals surface area contributed by atoms with Crippen LogP contribution in [0.3, 0.4) is 0 Å². The van der Waals surface area contributed by atoms with Crippen LogP contribution in [0.4, 0.5) is 5.69 Å². The molecule has 0 spiro atoms. The molecule has 2 amide bonds. The Kier molecular flexibility index (Phi) is 4.92. The summed E-state index contributed by atoms with van der Waals surface area (Å²) in [6.45, 7) is 4.87. The first-order valence-electron chi connectivity index (χ1n) is 9.18. The number of nitrogens with one attached hydrogen (secondary N) is 1. The van der Waals surface area contributed by atoms with E-state index < -0.39 is 0 Å². The molecular weight excluding hydrogens is 360 g/mol. The monoisotopic (exact) mass is 382 g/mol. The molecule has 1 fully saturated rings. The Morgan fingerprint density at radius 2 is 1.86 bits per heavy atom. The van der Waals surface area contributed by atoms with Crippen molar-refractivity contribution in [3.63, 3.8) is 0 Å². The highest BCUT2D eigenvalue weighted by atomic mass is 16.7. The molecule has 146 valence electrons. The van der Waals surface area contributed by atoms with Gasteiger partial charge >= 0.3 is 0 Å². The number of hydrogen-bond donors (Lipinski definition) is 1. The first-order valence-corrected chi connectivity index (χ1v) is 9.18. The van der Waals surface area contributed by atoms with Gasteiger partial charge in [-0.05, 0) is 55.3 Å². The van der Waals surface area contributed by atoms with E-state index in [0.29, 0.717) is 30.2 Å². The summed E-state index contributed by atoms with van der Waals surface area (Å²) in [7, 11) is 0. The van der Waals surface area contributed by atoms with E-state index in [-0.39, 0.29) is 31.3 Å². The van der Waals surface area contributed by atoms with Gasteiger partial charge < -0.3 is 24.4 Å². The van der Waals surface area contributed by atoms with Crippen molar-refractivity contribution in [2.75, 3.05) is 31.4 Å². The lowest BCUT2D eigenvalue weighted by atomic mass is 10.1. The summed E-state index contributed by atoms with van der Waals surface area (Å²) in [5.74, 6) is 0.892. The van der Waals surface area contributed by atoms with Crippen LogP contribution in [0.1, 0.15) is 21.5 Å². The molecular formula is C21H22N2O5. The molecule has 7 nitrogen and oxygen atoms in total. The van der Waals surface area contributed by atoms with E-state index in [1.807, 2.05) is 26.0 Å². The van der Waals surface area contributed by atoms with Crippen LogP contribution in [0.5, 0.6) is 11.5 Å². The normalized spacial score (nSPS) is 18.3. The lowest BCUT2D eigenvalue weighted by Crippen LogP contribution is -2.50. The Labute approximate surface area is 163 Å². The summed E-state index contributed by atoms with van der Waals surface area (Å²) in [5, 5.41) is 2.87. The SMILES string of the molecule is Cc1cc(C)cc(N2CC(CNC(=O)c3ccc4c(c3)OCO4)OCC2=O)c1. The predicted molar refractivity (Wildman–Crippen MR) is 103 cm³/mol. The fourth-order valence-electron chi connectivity index (χ4n) is 3.45. The quantitative estimate of drug-likeness (QED) is 0.877. The van der Waals surface area contributed by atoms with Crippen molar-refractivity contribution < 1.29 is 23.8 Å². The standard InChI is InChI=1S/C21H22N2O5/c1-13-5-14(2)7-16(6-13)23-10-17(26-11-20(23)24)9-22-21(25)15-3-4-18-19(8-15)28-12-27-18/h3-8,17H,9-12H2,1-2H3,(H,22,25). The molecule has 0 aromatic heterocycles. The second kappa shape index (κ2) is 7.52. The van der Waals surface area contributed by atoms with Crippen LogP contribution in [0.15, 0.2) is 36.4 Å². The number of fused-ring (bicyclic) bond motifs is 1. The number of morpholine rings is 1. The maximum absolute atomic E-state index is 12.4. The zero-order chi connectivity index (χ0) is 19.7. The van der Waals surface area contributed by atoms with Gasteiger partial charge in [0, 0.05) is 17.8 Å². The van der Waals surface area contributed by atoms with E-state index in [1.54, 1.807) is 23.1 Å². The highest BCUT2D eigenvalue weighted by Gasteiger charge is 2.28. The zero-order valence-corrected chi connectivity index (χ0v) is 15.9. The Hall–Kier alpha value is -3.06. The van der Waals surface area contributed by atoms with Crippen LogP contribution in [0, 0.1) is 13.8 Å². The molecule has 0 aliphatic carbocycles. The van der Waals surface area contributed by atoms with E-state index in [4.69, 9.17) is 14.2 Å². The fourth-order valence-corrected chi connectivity index (χ4v) is 3.45. The second-order valence-corrected chi connectivity index (χ2v) is 7.06. The van der Waals surface area contributed by atoms with Crippen molar-refractivity contribution in [1.82, 2.24) is 5.32 Å². The van der Waals surface area contributed by atoms with Gasteiger partial charge in [-0.25, -0.2) is 0 Å². The highest BCUT2D eigenvalue weighted by molar-refractivity contribution is 5.96. The molecule has 1 saturated heterocycles. The Bertz CT molecular complexity index is 907. The van der Waals surface area contributed by atoms with Gasteiger partial charge in [0.1, 0.15) is 6.61 Å². The van der Waals surface area contributed by atoms with Crippen molar-refractivity contribution in [1.29, 1.82) is 0 Å². The second-order valence-electron chi connectivity index (χ2n) is 7.06. The third-order valence-electron chi connectivity index (χ3n) is 4.77. The van der Waals surface area contributed by atoms with Crippen LogP contribution >= 0.6 is 0 Å². The lowest BCUT2D eigenvalue weighted by Gasteiger charge is -2.33. The van der Waals surface area contributed by atoms with Gasteiger partial charge in [-0.3, -0.25) is 9.59 Å². The molecule has 1 N–H and O–H groups in total. The molecule has 4 rings (SSSR count). The minimum absolute atomic E-state index is 0.00243. The molecule has 1 atom stereocenters. The van der Waals surface area contributed by atoms with Gasteiger partial charge in [-0.2, -0.15) is 0 Å². The Morgan fingerprint density at radius 1 is 1.11 bits per heavy atom. The van der Waals surface area contributed by atoms with Gasteiger partial charge in [0.2, 0.25) is 6.79 Å². The van der Waals surface area contributed by atoms with E-state index in [1.165, 1.54) is 0 Å². The summed E-state index contributed by atoms with van der Waals surface area (Å²) in [6, 6.07) is 11.1. The molecule has 28 heavy (non-hydrogen) atoms. The number of hydrogen-bond acceptors (Lipinski definition) is 5. The third kappa shape index (κ3) is 3.80. The van der Waals surface area contributed by atoms with Crippen molar-refractivity contribution >= 4 is 17.5 Å². The van der Waals surface area contributed by atoms with Gasteiger partial charge in [0.15, 0.2) is 11.5 Å². The van der Waals surface area contributed by atoms with Gasteiger partial charge in [-0.15, -0.1) is 0 Å². The Morgan fingerprint density at radius 3 is 2.64 bits per heavy atom. The summed E-state index contributed by atoms with van der Waals surface area (Å²) >= 11 is 0. The van der Waals surface area contributed by atoms with Crippen LogP contribution in [-0.4, -0.2) is 44.4 Å². The van der Waals surface area contributed by atoms with Crippen LogP contribution in [-0.2, 0) is 9.53 Å².